The molecule has 0 bridgehead atoms. The lowest BCUT2D eigenvalue weighted by Gasteiger charge is -2.26. The van der Waals surface area contributed by atoms with Crippen LogP contribution in [0, 0.1) is 0 Å². The maximum absolute atomic E-state index is 3.56. The van der Waals surface area contributed by atoms with Crippen molar-refractivity contribution in [2.24, 2.45) is 0 Å². The zero-order chi connectivity index (χ0) is 10.8. The van der Waals surface area contributed by atoms with E-state index in [2.05, 4.69) is 61.9 Å². The molecule has 1 aliphatic rings. The van der Waals surface area contributed by atoms with Crippen LogP contribution in [0.2, 0.25) is 0 Å². The quantitative estimate of drug-likeness (QED) is 0.728. The van der Waals surface area contributed by atoms with Gasteiger partial charge in [-0.05, 0) is 37.5 Å². The van der Waals surface area contributed by atoms with Gasteiger partial charge in [0.2, 0.25) is 0 Å². The summed E-state index contributed by atoms with van der Waals surface area (Å²) in [6, 6.07) is 7.22. The number of rotatable bonds is 2. The average molecular weight is 333 g/mol. The second-order valence-electron chi connectivity index (χ2n) is 4.09. The van der Waals surface area contributed by atoms with Gasteiger partial charge in [-0.3, -0.25) is 0 Å². The van der Waals surface area contributed by atoms with Crippen LogP contribution in [0.15, 0.2) is 22.7 Å². The number of halogens is 2. The maximum Gasteiger partial charge on any atom is 0.0421 e. The van der Waals surface area contributed by atoms with Crippen LogP contribution < -0.4 is 4.90 Å². The third kappa shape index (κ3) is 2.39. The van der Waals surface area contributed by atoms with E-state index in [1.165, 1.54) is 35.1 Å². The van der Waals surface area contributed by atoms with Crippen LogP contribution in [0.25, 0.3) is 0 Å². The Morgan fingerprint density at radius 3 is 2.87 bits per heavy atom. The van der Waals surface area contributed by atoms with E-state index in [1.54, 1.807) is 0 Å². The number of hydrogen-bond acceptors (Lipinski definition) is 1. The van der Waals surface area contributed by atoms with Crippen LogP contribution in [0.3, 0.4) is 0 Å². The number of anilines is 1. The predicted octanol–water partition coefficient (Wildman–Crippen LogP) is 4.33. The summed E-state index contributed by atoms with van der Waals surface area (Å²) in [5.41, 5.74) is 2.76. The summed E-state index contributed by atoms with van der Waals surface area (Å²) in [6.45, 7) is 3.50. The van der Waals surface area contributed by atoms with Crippen molar-refractivity contribution >= 4 is 37.5 Å². The Bertz CT molecular complexity index is 351. The summed E-state index contributed by atoms with van der Waals surface area (Å²) in [5.74, 6) is 0. The molecule has 0 saturated carbocycles. The fourth-order valence-electron chi connectivity index (χ4n) is 2.21. The van der Waals surface area contributed by atoms with Crippen LogP contribution >= 0.6 is 31.9 Å². The van der Waals surface area contributed by atoms with Gasteiger partial charge in [0.25, 0.3) is 0 Å². The van der Waals surface area contributed by atoms with E-state index in [9.17, 15) is 0 Å². The lowest BCUT2D eigenvalue weighted by molar-refractivity contribution is 0.733. The first-order valence-corrected chi connectivity index (χ1v) is 7.25. The Morgan fingerprint density at radius 1 is 1.47 bits per heavy atom. The van der Waals surface area contributed by atoms with Gasteiger partial charge in [0, 0.05) is 28.1 Å². The Morgan fingerprint density at radius 2 is 2.27 bits per heavy atom. The highest BCUT2D eigenvalue weighted by Crippen LogP contribution is 2.32. The van der Waals surface area contributed by atoms with Gasteiger partial charge in [-0.1, -0.05) is 37.9 Å². The first-order chi connectivity index (χ1) is 7.22. The van der Waals surface area contributed by atoms with Crippen molar-refractivity contribution < 1.29 is 0 Å². The second-order valence-corrected chi connectivity index (χ2v) is 5.57. The fraction of sp³-hybridized carbons (Fsp3) is 0.500. The molecule has 1 unspecified atom stereocenters. The molecule has 82 valence electrons. The molecule has 1 heterocycles. The first kappa shape index (κ1) is 11.5. The molecule has 0 spiro atoms. The normalized spacial score (nSPS) is 21.0. The van der Waals surface area contributed by atoms with Crippen molar-refractivity contribution in [2.75, 3.05) is 11.4 Å². The minimum absolute atomic E-state index is 0.678. The molecule has 15 heavy (non-hydrogen) atoms. The zero-order valence-corrected chi connectivity index (χ0v) is 12.0. The SMILES string of the molecule is CC1CCCN1c1cc(Br)ccc1CBr. The van der Waals surface area contributed by atoms with E-state index in [-0.39, 0.29) is 0 Å². The summed E-state index contributed by atoms with van der Waals surface area (Å²) < 4.78 is 1.17. The molecule has 0 N–H and O–H groups in total. The Kier molecular flexibility index (Phi) is 3.73. The van der Waals surface area contributed by atoms with Gasteiger partial charge in [0.05, 0.1) is 0 Å². The lowest BCUT2D eigenvalue weighted by atomic mass is 10.1. The molecule has 3 heteroatoms. The van der Waals surface area contributed by atoms with Gasteiger partial charge in [0.1, 0.15) is 0 Å². The van der Waals surface area contributed by atoms with Crippen LogP contribution in [0.1, 0.15) is 25.3 Å². The van der Waals surface area contributed by atoms with Gasteiger partial charge in [-0.2, -0.15) is 0 Å². The van der Waals surface area contributed by atoms with Crippen LogP contribution in [-0.4, -0.2) is 12.6 Å². The number of nitrogens with zero attached hydrogens (tertiary/aromatic N) is 1. The molecule has 0 aliphatic carbocycles. The highest BCUT2D eigenvalue weighted by Gasteiger charge is 2.22. The molecule has 1 aromatic carbocycles. The van der Waals surface area contributed by atoms with Crippen LogP contribution in [0.4, 0.5) is 5.69 Å². The highest BCUT2D eigenvalue weighted by molar-refractivity contribution is 9.10. The summed E-state index contributed by atoms with van der Waals surface area (Å²) >= 11 is 7.11. The molecule has 1 fully saturated rings. The molecule has 0 radical (unpaired) electrons. The van der Waals surface area contributed by atoms with Gasteiger partial charge in [0.15, 0.2) is 0 Å². The number of hydrogen-bond donors (Lipinski definition) is 0. The Balaban J connectivity index is 2.36. The molecule has 1 aliphatic heterocycles. The lowest BCUT2D eigenvalue weighted by Crippen LogP contribution is -2.27. The van der Waals surface area contributed by atoms with E-state index in [1.807, 2.05) is 0 Å². The number of benzene rings is 1. The van der Waals surface area contributed by atoms with Gasteiger partial charge in [-0.15, -0.1) is 0 Å². The molecular weight excluding hydrogens is 318 g/mol. The summed E-state index contributed by atoms with van der Waals surface area (Å²) in [6.07, 6.45) is 2.63. The standard InChI is InChI=1S/C12H15Br2N/c1-9-3-2-6-15(9)12-7-11(14)5-4-10(12)8-13/h4-5,7,9H,2-3,6,8H2,1H3. The zero-order valence-electron chi connectivity index (χ0n) is 8.84. The monoisotopic (exact) mass is 331 g/mol. The van der Waals surface area contributed by atoms with E-state index in [4.69, 9.17) is 0 Å². The first-order valence-electron chi connectivity index (χ1n) is 5.33. The van der Waals surface area contributed by atoms with Crippen molar-refractivity contribution in [3.63, 3.8) is 0 Å². The van der Waals surface area contributed by atoms with E-state index in [0.717, 1.165) is 5.33 Å². The minimum Gasteiger partial charge on any atom is -0.369 e. The van der Waals surface area contributed by atoms with Crippen molar-refractivity contribution in [3.05, 3.63) is 28.2 Å². The molecule has 2 rings (SSSR count). The largest absolute Gasteiger partial charge is 0.369 e. The fourth-order valence-corrected chi connectivity index (χ4v) is 3.03. The average Bonchev–Trinajstić information content (AvgIpc) is 2.64. The van der Waals surface area contributed by atoms with Crippen LogP contribution in [0.5, 0.6) is 0 Å². The molecule has 1 saturated heterocycles. The van der Waals surface area contributed by atoms with Crippen molar-refractivity contribution in [1.29, 1.82) is 0 Å². The summed E-state index contributed by atoms with van der Waals surface area (Å²) in [5, 5.41) is 0.929. The van der Waals surface area contributed by atoms with E-state index in [0.29, 0.717) is 6.04 Å². The summed E-state index contributed by atoms with van der Waals surface area (Å²) in [7, 11) is 0. The Labute approximate surface area is 108 Å². The van der Waals surface area contributed by atoms with Gasteiger partial charge in [-0.25, -0.2) is 0 Å². The Hall–Kier alpha value is -0.0200. The van der Waals surface area contributed by atoms with Gasteiger partial charge >= 0.3 is 0 Å². The van der Waals surface area contributed by atoms with Crippen LogP contribution in [-0.2, 0) is 5.33 Å². The molecule has 0 aromatic heterocycles. The predicted molar refractivity (Wildman–Crippen MR) is 72.8 cm³/mol. The third-order valence-electron chi connectivity index (χ3n) is 3.05. The molecular formula is C12H15Br2N. The topological polar surface area (TPSA) is 3.24 Å². The van der Waals surface area contributed by atoms with Gasteiger partial charge < -0.3 is 4.90 Å². The van der Waals surface area contributed by atoms with E-state index >= 15 is 0 Å². The maximum atomic E-state index is 3.56. The van der Waals surface area contributed by atoms with Crippen molar-refractivity contribution in [3.8, 4) is 0 Å². The minimum atomic E-state index is 0.678. The molecule has 1 aromatic rings. The highest BCUT2D eigenvalue weighted by atomic mass is 79.9. The van der Waals surface area contributed by atoms with Crippen molar-refractivity contribution in [1.82, 2.24) is 0 Å². The number of alkyl halides is 1. The van der Waals surface area contributed by atoms with Crippen molar-refractivity contribution in [2.45, 2.75) is 31.1 Å². The molecule has 1 atom stereocenters. The molecule has 1 nitrogen and oxygen atoms in total. The smallest absolute Gasteiger partial charge is 0.0421 e. The third-order valence-corrected chi connectivity index (χ3v) is 4.15. The molecule has 0 amide bonds. The summed E-state index contributed by atoms with van der Waals surface area (Å²) in [4.78, 5) is 2.52. The van der Waals surface area contributed by atoms with E-state index < -0.39 is 0 Å². The second kappa shape index (κ2) is 4.88.